The Labute approximate surface area is 136 Å². The van der Waals surface area contributed by atoms with Crippen molar-refractivity contribution in [3.63, 3.8) is 0 Å². The highest BCUT2D eigenvalue weighted by atomic mass is 32.3. The van der Waals surface area contributed by atoms with Gasteiger partial charge in [0.2, 0.25) is 10.4 Å². The molecular formula is C11H22O10S2. The third-order valence-corrected chi connectivity index (χ3v) is 6.98. The molecule has 0 radical (unpaired) electrons. The van der Waals surface area contributed by atoms with E-state index in [2.05, 4.69) is 4.18 Å². The highest BCUT2D eigenvalue weighted by molar-refractivity contribution is 7.97. The van der Waals surface area contributed by atoms with Gasteiger partial charge in [0, 0.05) is 13.0 Å². The number of hydrogen-bond acceptors (Lipinski definition) is 10. The first kappa shape index (κ1) is 21.0. The SMILES string of the molecule is O=S(=O)([O-])O[C@H](CO)[C@@H](O)C[S+]1C[C@@H](O)[C@@H](O)[C@@H](O)[C@@H]1CCO. The minimum absolute atomic E-state index is 0.0161. The maximum Gasteiger partial charge on any atom is 0.218 e. The number of hydrogen-bond donors (Lipinski definition) is 6. The van der Waals surface area contributed by atoms with E-state index in [1.807, 2.05) is 0 Å². The highest BCUT2D eigenvalue weighted by Gasteiger charge is 2.50. The smallest absolute Gasteiger partial charge is 0.218 e. The zero-order valence-electron chi connectivity index (χ0n) is 12.1. The minimum Gasteiger partial charge on any atom is -0.726 e. The van der Waals surface area contributed by atoms with Crippen LogP contribution >= 0.6 is 0 Å². The normalized spacial score (nSPS) is 35.0. The molecule has 1 heterocycles. The van der Waals surface area contributed by atoms with E-state index in [-0.39, 0.29) is 24.5 Å². The maximum absolute atomic E-state index is 10.6. The number of aliphatic hydroxyl groups is 6. The average Bonchev–Trinajstić information content (AvgIpc) is 2.45. The summed E-state index contributed by atoms with van der Waals surface area (Å²) < 4.78 is 35.8. The lowest BCUT2D eigenvalue weighted by molar-refractivity contribution is -0.0584. The van der Waals surface area contributed by atoms with E-state index in [1.165, 1.54) is 0 Å². The zero-order chi connectivity index (χ0) is 17.8. The molecular weight excluding hydrogens is 356 g/mol. The molecule has 12 heteroatoms. The second kappa shape index (κ2) is 8.89. The molecule has 1 fully saturated rings. The lowest BCUT2D eigenvalue weighted by Crippen LogP contribution is -2.58. The van der Waals surface area contributed by atoms with Gasteiger partial charge in [0.05, 0.1) is 6.61 Å². The third-order valence-electron chi connectivity index (χ3n) is 3.59. The van der Waals surface area contributed by atoms with Gasteiger partial charge in [0.15, 0.2) is 0 Å². The predicted molar refractivity (Wildman–Crippen MR) is 78.3 cm³/mol. The first-order valence-electron chi connectivity index (χ1n) is 6.85. The summed E-state index contributed by atoms with van der Waals surface area (Å²) in [6.45, 7) is -1.21. The fourth-order valence-electron chi connectivity index (χ4n) is 2.44. The van der Waals surface area contributed by atoms with Gasteiger partial charge in [-0.25, -0.2) is 8.42 Å². The van der Waals surface area contributed by atoms with Crippen molar-refractivity contribution in [1.29, 1.82) is 0 Å². The summed E-state index contributed by atoms with van der Waals surface area (Å²) in [6.07, 6.45) is -7.06. The molecule has 1 unspecified atom stereocenters. The van der Waals surface area contributed by atoms with E-state index in [4.69, 9.17) is 10.2 Å². The Morgan fingerprint density at radius 2 is 1.83 bits per heavy atom. The second-order valence-electron chi connectivity index (χ2n) is 5.26. The Kier molecular flexibility index (Phi) is 8.13. The van der Waals surface area contributed by atoms with E-state index in [0.717, 1.165) is 0 Å². The van der Waals surface area contributed by atoms with E-state index in [1.54, 1.807) is 0 Å². The molecule has 1 aliphatic heterocycles. The Morgan fingerprint density at radius 1 is 1.22 bits per heavy atom. The van der Waals surface area contributed by atoms with Gasteiger partial charge in [-0.3, -0.25) is 4.18 Å². The van der Waals surface area contributed by atoms with Gasteiger partial charge in [0.1, 0.15) is 47.3 Å². The molecule has 6 N–H and O–H groups in total. The number of rotatable bonds is 8. The summed E-state index contributed by atoms with van der Waals surface area (Å²) in [6, 6.07) is 0. The van der Waals surface area contributed by atoms with Gasteiger partial charge in [-0.05, 0) is 10.9 Å². The molecule has 0 amide bonds. The first-order chi connectivity index (χ1) is 10.6. The molecule has 10 nitrogen and oxygen atoms in total. The van der Waals surface area contributed by atoms with Gasteiger partial charge in [-0.2, -0.15) is 0 Å². The summed E-state index contributed by atoms with van der Waals surface area (Å²) in [7, 11) is -6.02. The third kappa shape index (κ3) is 6.08. The van der Waals surface area contributed by atoms with E-state index in [9.17, 15) is 33.4 Å². The zero-order valence-corrected chi connectivity index (χ0v) is 13.8. The van der Waals surface area contributed by atoms with Crippen LogP contribution in [0.4, 0.5) is 0 Å². The Hall–Kier alpha value is -0.0200. The summed E-state index contributed by atoms with van der Waals surface area (Å²) >= 11 is 0. The van der Waals surface area contributed by atoms with Crippen molar-refractivity contribution in [1.82, 2.24) is 0 Å². The Balaban J connectivity index is 2.81. The first-order valence-corrected chi connectivity index (χ1v) is 9.81. The molecule has 1 rings (SSSR count). The van der Waals surface area contributed by atoms with Gasteiger partial charge in [0.25, 0.3) is 0 Å². The van der Waals surface area contributed by atoms with Crippen LogP contribution in [0.25, 0.3) is 0 Å². The molecule has 1 aliphatic rings. The van der Waals surface area contributed by atoms with Crippen molar-refractivity contribution >= 4 is 21.3 Å². The largest absolute Gasteiger partial charge is 0.726 e. The lowest BCUT2D eigenvalue weighted by Gasteiger charge is -2.35. The fraction of sp³-hybridized carbons (Fsp3) is 1.00. The van der Waals surface area contributed by atoms with Crippen LogP contribution in [0.2, 0.25) is 0 Å². The molecule has 23 heavy (non-hydrogen) atoms. The second-order valence-corrected chi connectivity index (χ2v) is 8.62. The van der Waals surface area contributed by atoms with Crippen molar-refractivity contribution in [3.05, 3.63) is 0 Å². The van der Waals surface area contributed by atoms with Crippen LogP contribution in [-0.4, -0.2) is 104 Å². The summed E-state index contributed by atoms with van der Waals surface area (Å²) in [4.78, 5) is 0. The van der Waals surface area contributed by atoms with Gasteiger partial charge in [-0.15, -0.1) is 0 Å². The van der Waals surface area contributed by atoms with Crippen LogP contribution in [0.15, 0.2) is 0 Å². The van der Waals surface area contributed by atoms with Crippen molar-refractivity contribution in [2.75, 3.05) is 24.7 Å². The minimum atomic E-state index is -5.12. The number of aliphatic hydroxyl groups excluding tert-OH is 6. The van der Waals surface area contributed by atoms with E-state index < -0.39 is 63.7 Å². The van der Waals surface area contributed by atoms with E-state index >= 15 is 0 Å². The molecule has 0 aromatic heterocycles. The molecule has 1 saturated heterocycles. The molecule has 0 saturated carbocycles. The van der Waals surface area contributed by atoms with Crippen molar-refractivity contribution in [2.24, 2.45) is 0 Å². The quantitative estimate of drug-likeness (QED) is 0.137. The van der Waals surface area contributed by atoms with Crippen LogP contribution < -0.4 is 0 Å². The fourth-order valence-corrected chi connectivity index (χ4v) is 5.84. The summed E-state index contributed by atoms with van der Waals surface area (Å²) in [5.41, 5.74) is 0. The van der Waals surface area contributed by atoms with Crippen molar-refractivity contribution in [2.45, 2.75) is 42.2 Å². The average molecular weight is 378 g/mol. The topological polar surface area (TPSA) is 188 Å². The highest BCUT2D eigenvalue weighted by Crippen LogP contribution is 2.27. The van der Waals surface area contributed by atoms with E-state index in [0.29, 0.717) is 0 Å². The van der Waals surface area contributed by atoms with Gasteiger partial charge >= 0.3 is 0 Å². The molecule has 0 aliphatic carbocycles. The standard InChI is InChI=1S/C11H22O10S2/c12-2-1-9-11(17)10(16)7(15)5-22(9)4-6(14)8(3-13)21-23(18,19)20/h6-17H,1-5H2/t6-,7+,8+,9-,10+,11-,22?/m0/s1. The van der Waals surface area contributed by atoms with Crippen LogP contribution in [0.5, 0.6) is 0 Å². The predicted octanol–water partition coefficient (Wildman–Crippen LogP) is -4.35. The monoisotopic (exact) mass is 378 g/mol. The van der Waals surface area contributed by atoms with Gasteiger partial charge < -0.3 is 35.2 Å². The molecule has 0 aromatic rings. The summed E-state index contributed by atoms with van der Waals surface area (Å²) in [5.74, 6) is -0.158. The maximum atomic E-state index is 10.6. The Morgan fingerprint density at radius 3 is 2.30 bits per heavy atom. The van der Waals surface area contributed by atoms with Crippen LogP contribution in [0.1, 0.15) is 6.42 Å². The van der Waals surface area contributed by atoms with Crippen molar-refractivity contribution in [3.8, 4) is 0 Å². The Bertz CT molecular complexity index is 458. The van der Waals surface area contributed by atoms with Crippen LogP contribution in [0.3, 0.4) is 0 Å². The van der Waals surface area contributed by atoms with Gasteiger partial charge in [-0.1, -0.05) is 0 Å². The molecule has 0 aromatic carbocycles. The van der Waals surface area contributed by atoms with Crippen molar-refractivity contribution < 1.29 is 47.8 Å². The van der Waals surface area contributed by atoms with Crippen LogP contribution in [0, 0.1) is 0 Å². The molecule has 138 valence electrons. The summed E-state index contributed by atoms with van der Waals surface area (Å²) in [5, 5.41) is 56.8. The molecule has 0 bridgehead atoms. The lowest BCUT2D eigenvalue weighted by atomic mass is 10.0. The molecule has 7 atom stereocenters. The molecule has 0 spiro atoms. The van der Waals surface area contributed by atoms with Crippen LogP contribution in [-0.2, 0) is 25.5 Å².